The first-order valence-electron chi connectivity index (χ1n) is 7.05. The van der Waals surface area contributed by atoms with E-state index in [9.17, 15) is 0 Å². The summed E-state index contributed by atoms with van der Waals surface area (Å²) in [5, 5.41) is 0. The van der Waals surface area contributed by atoms with E-state index < -0.39 is 0 Å². The zero-order valence-corrected chi connectivity index (χ0v) is 12.6. The average Bonchev–Trinajstić information content (AvgIpc) is 2.45. The van der Waals surface area contributed by atoms with Gasteiger partial charge < -0.3 is 4.74 Å². The van der Waals surface area contributed by atoms with Gasteiger partial charge in [-0.15, -0.1) is 0 Å². The van der Waals surface area contributed by atoms with Gasteiger partial charge in [0.15, 0.2) is 0 Å². The van der Waals surface area contributed by atoms with Crippen molar-refractivity contribution in [1.82, 2.24) is 0 Å². The van der Waals surface area contributed by atoms with E-state index in [4.69, 9.17) is 4.74 Å². The van der Waals surface area contributed by atoms with Gasteiger partial charge in [-0.2, -0.15) is 0 Å². The highest BCUT2D eigenvalue weighted by Gasteiger charge is 2.27. The minimum atomic E-state index is 0.554. The van der Waals surface area contributed by atoms with Crippen molar-refractivity contribution >= 4 is 22.6 Å². The lowest BCUT2D eigenvalue weighted by Crippen LogP contribution is -2.31. The Kier molecular flexibility index (Phi) is 5.40. The van der Waals surface area contributed by atoms with Gasteiger partial charge in [0.05, 0.1) is 12.2 Å². The van der Waals surface area contributed by atoms with Gasteiger partial charge >= 0.3 is 0 Å². The van der Waals surface area contributed by atoms with Crippen LogP contribution in [0.1, 0.15) is 64.7 Å². The summed E-state index contributed by atoms with van der Waals surface area (Å²) < 4.78 is 7.15. The number of hydrogen-bond acceptors (Lipinski definition) is 1. The molecule has 2 aliphatic carbocycles. The second-order valence-electron chi connectivity index (χ2n) is 5.72. The Balaban J connectivity index is 1.82. The van der Waals surface area contributed by atoms with Gasteiger partial charge in [0.2, 0.25) is 0 Å². The van der Waals surface area contributed by atoms with Crippen molar-refractivity contribution in [3.8, 4) is 0 Å². The Bertz CT molecular complexity index is 207. The van der Waals surface area contributed by atoms with E-state index in [1.807, 2.05) is 0 Å². The summed E-state index contributed by atoms with van der Waals surface area (Å²) in [5.74, 6) is 0.886. The third kappa shape index (κ3) is 3.86. The molecule has 0 saturated heterocycles. The van der Waals surface area contributed by atoms with Crippen LogP contribution < -0.4 is 0 Å². The molecule has 0 aliphatic heterocycles. The molecule has 0 N–H and O–H groups in total. The Morgan fingerprint density at radius 1 is 0.938 bits per heavy atom. The molecule has 4 unspecified atom stereocenters. The highest BCUT2D eigenvalue weighted by Crippen LogP contribution is 2.32. The highest BCUT2D eigenvalue weighted by molar-refractivity contribution is 14.1. The molecule has 0 aromatic rings. The monoisotopic (exact) mass is 336 g/mol. The van der Waals surface area contributed by atoms with Gasteiger partial charge in [-0.25, -0.2) is 0 Å². The first-order valence-corrected chi connectivity index (χ1v) is 8.30. The quantitative estimate of drug-likeness (QED) is 0.403. The predicted molar refractivity (Wildman–Crippen MR) is 77.2 cm³/mol. The van der Waals surface area contributed by atoms with Crippen LogP contribution in [0.2, 0.25) is 0 Å². The molecule has 4 atom stereocenters. The molecule has 2 heteroatoms. The lowest BCUT2D eigenvalue weighted by Gasteiger charge is -2.32. The van der Waals surface area contributed by atoms with E-state index in [1.165, 1.54) is 57.8 Å². The summed E-state index contributed by atoms with van der Waals surface area (Å²) in [6, 6.07) is 0. The smallest absolute Gasteiger partial charge is 0.0696 e. The molecule has 0 aromatic heterocycles. The van der Waals surface area contributed by atoms with E-state index >= 15 is 0 Å². The van der Waals surface area contributed by atoms with Crippen molar-refractivity contribution in [2.45, 2.75) is 80.8 Å². The summed E-state index contributed by atoms with van der Waals surface area (Å²) in [6.07, 6.45) is 13.4. The summed E-state index contributed by atoms with van der Waals surface area (Å²) in [5.41, 5.74) is 0. The van der Waals surface area contributed by atoms with E-state index in [2.05, 4.69) is 29.5 Å². The second kappa shape index (κ2) is 6.58. The number of halogens is 1. The van der Waals surface area contributed by atoms with Crippen molar-refractivity contribution < 1.29 is 4.74 Å². The fraction of sp³-hybridized carbons (Fsp3) is 1.00. The summed E-state index contributed by atoms with van der Waals surface area (Å²) in [4.78, 5) is 0. The molecule has 2 aliphatic rings. The molecule has 0 spiro atoms. The Morgan fingerprint density at radius 2 is 1.75 bits per heavy atom. The molecule has 0 bridgehead atoms. The fourth-order valence-corrected chi connectivity index (χ4v) is 4.10. The normalized spacial score (nSPS) is 41.6. The van der Waals surface area contributed by atoms with Gasteiger partial charge in [0.25, 0.3) is 0 Å². The van der Waals surface area contributed by atoms with Crippen LogP contribution in [0.4, 0.5) is 0 Å². The molecular formula is C14H25IO. The van der Waals surface area contributed by atoms with Crippen LogP contribution in [0.15, 0.2) is 0 Å². The molecule has 0 radical (unpaired) electrons. The van der Waals surface area contributed by atoms with Crippen molar-refractivity contribution in [2.24, 2.45) is 5.92 Å². The summed E-state index contributed by atoms with van der Waals surface area (Å²) >= 11 is 2.62. The second-order valence-corrected chi connectivity index (χ2v) is 7.32. The predicted octanol–water partition coefficient (Wildman–Crippen LogP) is 4.72. The SMILES string of the molecule is CC1CCCC(OC2CCCCCC2I)C1. The maximum Gasteiger partial charge on any atom is 0.0696 e. The maximum atomic E-state index is 6.39. The molecule has 16 heavy (non-hydrogen) atoms. The number of alkyl halides is 1. The number of rotatable bonds is 2. The summed E-state index contributed by atoms with van der Waals surface area (Å²) in [6.45, 7) is 2.38. The fourth-order valence-electron chi connectivity index (χ4n) is 3.13. The van der Waals surface area contributed by atoms with Crippen LogP contribution in [0, 0.1) is 5.92 Å². The minimum absolute atomic E-state index is 0.554. The van der Waals surface area contributed by atoms with E-state index in [0.717, 1.165) is 9.84 Å². The first-order chi connectivity index (χ1) is 7.75. The van der Waals surface area contributed by atoms with Crippen molar-refractivity contribution in [2.75, 3.05) is 0 Å². The zero-order chi connectivity index (χ0) is 11.4. The molecule has 2 saturated carbocycles. The van der Waals surface area contributed by atoms with Crippen molar-refractivity contribution in [3.63, 3.8) is 0 Å². The van der Waals surface area contributed by atoms with Gasteiger partial charge in [0, 0.05) is 3.92 Å². The van der Waals surface area contributed by atoms with Gasteiger partial charge in [0.1, 0.15) is 0 Å². The molecule has 0 amide bonds. The molecular weight excluding hydrogens is 311 g/mol. The molecule has 2 fully saturated rings. The minimum Gasteiger partial charge on any atom is -0.374 e. The molecule has 0 heterocycles. The van der Waals surface area contributed by atoms with Crippen LogP contribution in [0.3, 0.4) is 0 Å². The summed E-state index contributed by atoms with van der Waals surface area (Å²) in [7, 11) is 0. The molecule has 1 nitrogen and oxygen atoms in total. The molecule has 94 valence electrons. The van der Waals surface area contributed by atoms with Crippen LogP contribution in [0.5, 0.6) is 0 Å². The lowest BCUT2D eigenvalue weighted by atomic mass is 9.88. The van der Waals surface area contributed by atoms with Crippen LogP contribution >= 0.6 is 22.6 Å². The largest absolute Gasteiger partial charge is 0.374 e. The third-order valence-corrected chi connectivity index (χ3v) is 5.55. The Hall–Kier alpha value is 0.690. The third-order valence-electron chi connectivity index (χ3n) is 4.13. The number of ether oxygens (including phenoxy) is 1. The van der Waals surface area contributed by atoms with Crippen molar-refractivity contribution in [1.29, 1.82) is 0 Å². The zero-order valence-electron chi connectivity index (χ0n) is 10.5. The van der Waals surface area contributed by atoms with Gasteiger partial charge in [-0.3, -0.25) is 0 Å². The van der Waals surface area contributed by atoms with Crippen LogP contribution in [-0.2, 0) is 4.74 Å². The van der Waals surface area contributed by atoms with E-state index in [-0.39, 0.29) is 0 Å². The van der Waals surface area contributed by atoms with Crippen molar-refractivity contribution in [3.05, 3.63) is 0 Å². The van der Waals surface area contributed by atoms with Crippen LogP contribution in [-0.4, -0.2) is 16.1 Å². The van der Waals surface area contributed by atoms with Gasteiger partial charge in [-0.05, 0) is 31.6 Å². The maximum absolute atomic E-state index is 6.39. The Labute approximate surface area is 114 Å². The topological polar surface area (TPSA) is 9.23 Å². The Morgan fingerprint density at radius 3 is 2.56 bits per heavy atom. The molecule has 0 aromatic carbocycles. The first kappa shape index (κ1) is 13.1. The number of hydrogen-bond donors (Lipinski definition) is 0. The highest BCUT2D eigenvalue weighted by atomic mass is 127. The molecule has 2 rings (SSSR count). The standard InChI is InChI=1S/C14H25IO/c1-11-6-5-7-12(10-11)16-14-9-4-2-3-8-13(14)15/h11-14H,2-10H2,1H3. The van der Waals surface area contributed by atoms with E-state index in [1.54, 1.807) is 0 Å². The van der Waals surface area contributed by atoms with Crippen LogP contribution in [0.25, 0.3) is 0 Å². The average molecular weight is 336 g/mol. The van der Waals surface area contributed by atoms with E-state index in [0.29, 0.717) is 12.2 Å². The lowest BCUT2D eigenvalue weighted by molar-refractivity contribution is -0.0397. The van der Waals surface area contributed by atoms with Gasteiger partial charge in [-0.1, -0.05) is 61.6 Å².